The molecule has 0 saturated heterocycles. The fraction of sp³-hybridized carbons (Fsp3) is 0.150. The maximum atomic E-state index is 12.8. The summed E-state index contributed by atoms with van der Waals surface area (Å²) in [5, 5.41) is 3.28. The van der Waals surface area contributed by atoms with Gasteiger partial charge in [0.05, 0.1) is 25.5 Å². The predicted molar refractivity (Wildman–Crippen MR) is 99.0 cm³/mol. The molecule has 1 unspecified atom stereocenters. The van der Waals surface area contributed by atoms with Crippen LogP contribution in [0, 0.1) is 0 Å². The zero-order valence-corrected chi connectivity index (χ0v) is 15.1. The smallest absolute Gasteiger partial charge is 0.252 e. The number of nitrogens with one attached hydrogen (secondary N) is 1. The van der Waals surface area contributed by atoms with Gasteiger partial charge in [0, 0.05) is 5.56 Å². The summed E-state index contributed by atoms with van der Waals surface area (Å²) in [6, 6.07) is 15.9. The average Bonchev–Trinajstić information content (AvgIpc) is 3.20. The highest BCUT2D eigenvalue weighted by Gasteiger charge is 2.22. The molecule has 0 bridgehead atoms. The van der Waals surface area contributed by atoms with Crippen molar-refractivity contribution in [3.8, 4) is 11.5 Å². The van der Waals surface area contributed by atoms with Crippen LogP contribution in [0.2, 0.25) is 5.02 Å². The number of ether oxygens (including phenoxy) is 2. The van der Waals surface area contributed by atoms with E-state index in [-0.39, 0.29) is 5.91 Å². The Balaban J connectivity index is 1.93. The molecular formula is C20H18ClNO4. The van der Waals surface area contributed by atoms with E-state index in [4.69, 9.17) is 25.5 Å². The van der Waals surface area contributed by atoms with Gasteiger partial charge in [-0.3, -0.25) is 4.79 Å². The molecule has 134 valence electrons. The topological polar surface area (TPSA) is 60.7 Å². The first-order valence-electron chi connectivity index (χ1n) is 7.94. The van der Waals surface area contributed by atoms with E-state index in [1.807, 2.05) is 36.4 Å². The Hall–Kier alpha value is -2.92. The van der Waals surface area contributed by atoms with E-state index >= 15 is 0 Å². The molecule has 1 N–H and O–H groups in total. The fourth-order valence-corrected chi connectivity index (χ4v) is 2.97. The quantitative estimate of drug-likeness (QED) is 0.694. The van der Waals surface area contributed by atoms with Crippen molar-refractivity contribution in [2.24, 2.45) is 0 Å². The van der Waals surface area contributed by atoms with Crippen LogP contribution >= 0.6 is 11.6 Å². The van der Waals surface area contributed by atoms with Gasteiger partial charge in [0.1, 0.15) is 11.8 Å². The lowest BCUT2D eigenvalue weighted by Crippen LogP contribution is -2.29. The third-order valence-corrected chi connectivity index (χ3v) is 4.21. The van der Waals surface area contributed by atoms with Crippen molar-refractivity contribution in [2.45, 2.75) is 6.04 Å². The summed E-state index contributed by atoms with van der Waals surface area (Å²) in [5.41, 5.74) is 1.27. The first kappa shape index (κ1) is 17.9. The standard InChI is InChI=1S/C20H18ClNO4/c1-24-17-12-14(11-15(21)19(17)25-2)20(23)22-18(16-9-6-10-26-16)13-7-4-3-5-8-13/h3-12,18H,1-2H3,(H,22,23). The molecule has 0 aliphatic heterocycles. The predicted octanol–water partition coefficient (Wildman–Crippen LogP) is 4.47. The number of hydrogen-bond acceptors (Lipinski definition) is 4. The third kappa shape index (κ3) is 3.68. The first-order chi connectivity index (χ1) is 12.6. The van der Waals surface area contributed by atoms with Gasteiger partial charge in [0.25, 0.3) is 5.91 Å². The van der Waals surface area contributed by atoms with Crippen LogP contribution in [0.4, 0.5) is 0 Å². The van der Waals surface area contributed by atoms with E-state index in [0.717, 1.165) is 5.56 Å². The van der Waals surface area contributed by atoms with Crippen LogP contribution in [0.1, 0.15) is 27.7 Å². The van der Waals surface area contributed by atoms with Crippen molar-refractivity contribution in [2.75, 3.05) is 14.2 Å². The second-order valence-electron chi connectivity index (χ2n) is 5.53. The van der Waals surface area contributed by atoms with Gasteiger partial charge in [0.2, 0.25) is 0 Å². The zero-order valence-electron chi connectivity index (χ0n) is 14.4. The Morgan fingerprint density at radius 2 is 1.85 bits per heavy atom. The Bertz CT molecular complexity index is 878. The highest BCUT2D eigenvalue weighted by atomic mass is 35.5. The molecule has 26 heavy (non-hydrogen) atoms. The number of amides is 1. The molecule has 1 atom stereocenters. The molecule has 3 rings (SSSR count). The number of benzene rings is 2. The van der Waals surface area contributed by atoms with E-state index in [0.29, 0.717) is 27.8 Å². The van der Waals surface area contributed by atoms with Gasteiger partial charge >= 0.3 is 0 Å². The lowest BCUT2D eigenvalue weighted by molar-refractivity contribution is 0.0938. The molecule has 0 aliphatic carbocycles. The molecule has 0 radical (unpaired) electrons. The molecule has 3 aromatic rings. The van der Waals surface area contributed by atoms with Gasteiger partial charge in [-0.15, -0.1) is 0 Å². The molecule has 1 aromatic heterocycles. The minimum Gasteiger partial charge on any atom is -0.493 e. The molecule has 0 spiro atoms. The van der Waals surface area contributed by atoms with Crippen molar-refractivity contribution in [3.05, 3.63) is 82.8 Å². The van der Waals surface area contributed by atoms with Gasteiger partial charge in [-0.1, -0.05) is 41.9 Å². The first-order valence-corrected chi connectivity index (χ1v) is 8.32. The van der Waals surface area contributed by atoms with Crippen molar-refractivity contribution in [1.82, 2.24) is 5.32 Å². The van der Waals surface area contributed by atoms with Gasteiger partial charge in [0.15, 0.2) is 11.5 Å². The van der Waals surface area contributed by atoms with E-state index in [1.54, 1.807) is 24.5 Å². The van der Waals surface area contributed by atoms with Gasteiger partial charge in [-0.05, 0) is 29.8 Å². The molecule has 0 saturated carbocycles. The van der Waals surface area contributed by atoms with Gasteiger partial charge < -0.3 is 19.2 Å². The summed E-state index contributed by atoms with van der Waals surface area (Å²) in [7, 11) is 2.98. The fourth-order valence-electron chi connectivity index (χ4n) is 2.68. The van der Waals surface area contributed by atoms with Crippen LogP contribution in [-0.4, -0.2) is 20.1 Å². The second-order valence-corrected chi connectivity index (χ2v) is 5.93. The maximum Gasteiger partial charge on any atom is 0.252 e. The van der Waals surface area contributed by atoms with Crippen LogP contribution in [0.25, 0.3) is 0 Å². The van der Waals surface area contributed by atoms with Crippen LogP contribution in [0.15, 0.2) is 65.3 Å². The Kier molecular flexibility index (Phi) is 5.49. The summed E-state index contributed by atoms with van der Waals surface area (Å²) in [6.07, 6.45) is 1.57. The summed E-state index contributed by atoms with van der Waals surface area (Å²) in [5.74, 6) is 1.10. The summed E-state index contributed by atoms with van der Waals surface area (Å²) < 4.78 is 16.0. The van der Waals surface area contributed by atoms with Crippen molar-refractivity contribution < 1.29 is 18.7 Å². The summed E-state index contributed by atoms with van der Waals surface area (Å²) >= 11 is 6.21. The molecule has 1 amide bonds. The number of halogens is 1. The molecule has 5 nitrogen and oxygen atoms in total. The maximum absolute atomic E-state index is 12.8. The molecule has 6 heteroatoms. The summed E-state index contributed by atoms with van der Waals surface area (Å²) in [4.78, 5) is 12.8. The third-order valence-electron chi connectivity index (χ3n) is 3.93. The SMILES string of the molecule is COc1cc(C(=O)NC(c2ccccc2)c2ccco2)cc(Cl)c1OC. The molecule has 0 aliphatic rings. The highest BCUT2D eigenvalue weighted by molar-refractivity contribution is 6.32. The van der Waals surface area contributed by atoms with Gasteiger partial charge in [-0.25, -0.2) is 0 Å². The monoisotopic (exact) mass is 371 g/mol. The Labute approximate surface area is 156 Å². The van der Waals surface area contributed by atoms with Gasteiger partial charge in [-0.2, -0.15) is 0 Å². The minimum absolute atomic E-state index is 0.297. The number of carbonyl (C=O) groups is 1. The van der Waals surface area contributed by atoms with Crippen molar-refractivity contribution in [1.29, 1.82) is 0 Å². The second kappa shape index (κ2) is 7.97. The van der Waals surface area contributed by atoms with Crippen LogP contribution in [-0.2, 0) is 0 Å². The lowest BCUT2D eigenvalue weighted by atomic mass is 10.0. The number of methoxy groups -OCH3 is 2. The highest BCUT2D eigenvalue weighted by Crippen LogP contribution is 2.36. The molecule has 2 aromatic carbocycles. The van der Waals surface area contributed by atoms with E-state index in [2.05, 4.69) is 5.32 Å². The lowest BCUT2D eigenvalue weighted by Gasteiger charge is -2.18. The number of rotatable bonds is 6. The zero-order chi connectivity index (χ0) is 18.5. The van der Waals surface area contributed by atoms with Crippen LogP contribution in [0.3, 0.4) is 0 Å². The molecular weight excluding hydrogens is 354 g/mol. The van der Waals surface area contributed by atoms with E-state index < -0.39 is 6.04 Å². The Morgan fingerprint density at radius 1 is 1.08 bits per heavy atom. The Morgan fingerprint density at radius 3 is 2.46 bits per heavy atom. The summed E-state index contributed by atoms with van der Waals surface area (Å²) in [6.45, 7) is 0. The average molecular weight is 372 g/mol. The van der Waals surface area contributed by atoms with E-state index in [1.165, 1.54) is 14.2 Å². The number of furan rings is 1. The number of carbonyl (C=O) groups excluding carboxylic acids is 1. The largest absolute Gasteiger partial charge is 0.493 e. The number of hydrogen-bond donors (Lipinski definition) is 1. The van der Waals surface area contributed by atoms with E-state index in [9.17, 15) is 4.79 Å². The molecule has 0 fully saturated rings. The van der Waals surface area contributed by atoms with Crippen LogP contribution in [0.5, 0.6) is 11.5 Å². The van der Waals surface area contributed by atoms with Crippen molar-refractivity contribution >= 4 is 17.5 Å². The van der Waals surface area contributed by atoms with Crippen molar-refractivity contribution in [3.63, 3.8) is 0 Å². The normalized spacial score (nSPS) is 11.7. The van der Waals surface area contributed by atoms with Crippen LogP contribution < -0.4 is 14.8 Å². The molecule has 1 heterocycles. The minimum atomic E-state index is -0.425.